The van der Waals surface area contributed by atoms with Crippen LogP contribution in [0.1, 0.15) is 18.4 Å². The Morgan fingerprint density at radius 1 is 1.17 bits per heavy atom. The molecule has 23 heavy (non-hydrogen) atoms. The molecular formula is C17H17ClN2O3. The van der Waals surface area contributed by atoms with Crippen molar-refractivity contribution < 1.29 is 14.4 Å². The fourth-order valence-corrected chi connectivity index (χ4v) is 3.30. The monoisotopic (exact) mass is 332 g/mol. The number of imide groups is 1. The summed E-state index contributed by atoms with van der Waals surface area (Å²) >= 11 is 5.97. The van der Waals surface area contributed by atoms with Crippen LogP contribution in [-0.4, -0.2) is 29.2 Å². The molecule has 0 radical (unpaired) electrons. The van der Waals surface area contributed by atoms with Gasteiger partial charge in [-0.3, -0.25) is 19.3 Å². The Bertz CT molecular complexity index is 672. The number of halogens is 1. The molecule has 1 N–H and O–H groups in total. The smallest absolute Gasteiger partial charge is 0.240 e. The summed E-state index contributed by atoms with van der Waals surface area (Å²) in [7, 11) is 0. The third-order valence-electron chi connectivity index (χ3n) is 4.29. The summed E-state index contributed by atoms with van der Waals surface area (Å²) in [6, 6.07) is 9.46. The Hall–Kier alpha value is -2.14. The second kappa shape index (κ2) is 6.54. The van der Waals surface area contributed by atoms with Crippen molar-refractivity contribution in [2.75, 3.05) is 6.54 Å². The summed E-state index contributed by atoms with van der Waals surface area (Å²) in [5.74, 6) is -1.68. The molecular weight excluding hydrogens is 316 g/mol. The molecule has 0 unspecified atom stereocenters. The maximum absolute atomic E-state index is 12.3. The molecule has 1 saturated heterocycles. The van der Waals surface area contributed by atoms with E-state index >= 15 is 0 Å². The molecule has 0 saturated carbocycles. The van der Waals surface area contributed by atoms with Gasteiger partial charge in [0.2, 0.25) is 17.7 Å². The van der Waals surface area contributed by atoms with E-state index in [1.54, 1.807) is 6.08 Å². The van der Waals surface area contributed by atoms with Gasteiger partial charge in [0, 0.05) is 11.6 Å². The van der Waals surface area contributed by atoms with Gasteiger partial charge in [-0.05, 0) is 18.4 Å². The van der Waals surface area contributed by atoms with Crippen molar-refractivity contribution in [1.29, 1.82) is 0 Å². The predicted molar refractivity (Wildman–Crippen MR) is 85.2 cm³/mol. The van der Waals surface area contributed by atoms with Gasteiger partial charge in [0.05, 0.1) is 11.8 Å². The Balaban J connectivity index is 1.59. The van der Waals surface area contributed by atoms with Crippen LogP contribution in [-0.2, 0) is 20.9 Å². The number of fused-ring (bicyclic) bond motifs is 1. The highest BCUT2D eigenvalue weighted by molar-refractivity contribution is 6.30. The number of likely N-dealkylation sites (tertiary alicyclic amines) is 1. The quantitative estimate of drug-likeness (QED) is 0.855. The maximum atomic E-state index is 12.3. The number of allylic oxidation sites excluding steroid dienone is 2. The fourth-order valence-electron chi connectivity index (χ4n) is 3.05. The van der Waals surface area contributed by atoms with Crippen LogP contribution in [0.2, 0.25) is 0 Å². The number of rotatable bonds is 4. The number of amides is 3. The zero-order chi connectivity index (χ0) is 16.4. The maximum Gasteiger partial charge on any atom is 0.240 e. The van der Waals surface area contributed by atoms with Gasteiger partial charge in [0.15, 0.2) is 0 Å². The van der Waals surface area contributed by atoms with Gasteiger partial charge in [-0.15, -0.1) is 0 Å². The molecule has 1 aromatic carbocycles. The van der Waals surface area contributed by atoms with Crippen LogP contribution in [0.25, 0.3) is 0 Å². The largest absolute Gasteiger partial charge is 0.350 e. The lowest BCUT2D eigenvalue weighted by atomic mass is 9.85. The van der Waals surface area contributed by atoms with Crippen molar-refractivity contribution >= 4 is 29.3 Å². The average molecular weight is 333 g/mol. The van der Waals surface area contributed by atoms with Crippen molar-refractivity contribution in [1.82, 2.24) is 10.2 Å². The first-order chi connectivity index (χ1) is 11.1. The molecule has 1 aliphatic heterocycles. The molecule has 120 valence electrons. The van der Waals surface area contributed by atoms with E-state index in [4.69, 9.17) is 11.6 Å². The molecule has 3 rings (SSSR count). The first-order valence-corrected chi connectivity index (χ1v) is 7.94. The van der Waals surface area contributed by atoms with E-state index in [0.29, 0.717) is 24.4 Å². The SMILES string of the molecule is O=C(CN1C(=O)[C@H]2CC(Cl)=CC[C@H]2C1=O)NCc1ccccc1. The van der Waals surface area contributed by atoms with Gasteiger partial charge in [0.25, 0.3) is 0 Å². The molecule has 0 bridgehead atoms. The van der Waals surface area contributed by atoms with Crippen LogP contribution in [0.3, 0.4) is 0 Å². The van der Waals surface area contributed by atoms with E-state index in [1.165, 1.54) is 0 Å². The summed E-state index contributed by atoms with van der Waals surface area (Å²) in [6.07, 6.45) is 2.64. The first-order valence-electron chi connectivity index (χ1n) is 7.56. The lowest BCUT2D eigenvalue weighted by Gasteiger charge is -2.17. The highest BCUT2D eigenvalue weighted by Gasteiger charge is 2.48. The Morgan fingerprint density at radius 3 is 2.61 bits per heavy atom. The van der Waals surface area contributed by atoms with Gasteiger partial charge in [-0.2, -0.15) is 0 Å². The molecule has 1 aromatic rings. The molecule has 1 fully saturated rings. The van der Waals surface area contributed by atoms with Gasteiger partial charge in [-0.1, -0.05) is 48.0 Å². The van der Waals surface area contributed by atoms with Crippen LogP contribution in [0.4, 0.5) is 0 Å². The lowest BCUT2D eigenvalue weighted by molar-refractivity contribution is -0.143. The molecule has 5 nitrogen and oxygen atoms in total. The van der Waals surface area contributed by atoms with Crippen LogP contribution < -0.4 is 5.32 Å². The summed E-state index contributed by atoms with van der Waals surface area (Å²) < 4.78 is 0. The summed E-state index contributed by atoms with van der Waals surface area (Å²) in [6.45, 7) is 0.144. The van der Waals surface area contributed by atoms with Crippen molar-refractivity contribution in [3.63, 3.8) is 0 Å². The number of hydrogen-bond donors (Lipinski definition) is 1. The van der Waals surface area contributed by atoms with Gasteiger partial charge in [0.1, 0.15) is 6.54 Å². The number of nitrogens with zero attached hydrogens (tertiary/aromatic N) is 1. The zero-order valence-electron chi connectivity index (χ0n) is 12.5. The highest BCUT2D eigenvalue weighted by Crippen LogP contribution is 2.38. The minimum absolute atomic E-state index is 0.227. The lowest BCUT2D eigenvalue weighted by Crippen LogP contribution is -2.40. The number of benzene rings is 1. The van der Waals surface area contributed by atoms with Crippen molar-refractivity contribution in [3.05, 3.63) is 47.0 Å². The van der Waals surface area contributed by atoms with Crippen molar-refractivity contribution in [2.45, 2.75) is 19.4 Å². The number of hydrogen-bond acceptors (Lipinski definition) is 3. The number of carbonyl (C=O) groups excluding carboxylic acids is 3. The van der Waals surface area contributed by atoms with Crippen LogP contribution in [0, 0.1) is 11.8 Å². The Kier molecular flexibility index (Phi) is 4.48. The molecule has 1 heterocycles. The van der Waals surface area contributed by atoms with E-state index in [1.807, 2.05) is 30.3 Å². The number of nitrogens with one attached hydrogen (secondary N) is 1. The summed E-state index contributed by atoms with van der Waals surface area (Å²) in [5.41, 5.74) is 0.963. The van der Waals surface area contributed by atoms with Gasteiger partial charge < -0.3 is 5.32 Å². The van der Waals surface area contributed by atoms with Crippen LogP contribution >= 0.6 is 11.6 Å². The second-order valence-corrected chi connectivity index (χ2v) is 6.31. The van der Waals surface area contributed by atoms with Gasteiger partial charge in [-0.25, -0.2) is 0 Å². The molecule has 2 aliphatic rings. The minimum Gasteiger partial charge on any atom is -0.350 e. The van der Waals surface area contributed by atoms with E-state index in [0.717, 1.165) is 10.5 Å². The molecule has 0 aromatic heterocycles. The topological polar surface area (TPSA) is 66.5 Å². The molecule has 1 aliphatic carbocycles. The summed E-state index contributed by atoms with van der Waals surface area (Å²) in [4.78, 5) is 37.8. The highest BCUT2D eigenvalue weighted by atomic mass is 35.5. The minimum atomic E-state index is -0.415. The van der Waals surface area contributed by atoms with Crippen LogP contribution in [0.5, 0.6) is 0 Å². The standard InChI is InChI=1S/C17H17ClN2O3/c18-12-6-7-13-14(8-12)17(23)20(16(13)22)10-15(21)19-9-11-4-2-1-3-5-11/h1-6,13-14H,7-10H2,(H,19,21)/t13-,14+/m1/s1. The number of carbonyl (C=O) groups is 3. The predicted octanol–water partition coefficient (Wildman–Crippen LogP) is 1.82. The average Bonchev–Trinajstić information content (AvgIpc) is 2.78. The van der Waals surface area contributed by atoms with E-state index < -0.39 is 5.92 Å². The third-order valence-corrected chi connectivity index (χ3v) is 4.60. The first kappa shape index (κ1) is 15.7. The second-order valence-electron chi connectivity index (χ2n) is 5.83. The molecule has 2 atom stereocenters. The third kappa shape index (κ3) is 3.29. The van der Waals surface area contributed by atoms with Crippen molar-refractivity contribution in [2.24, 2.45) is 11.8 Å². The summed E-state index contributed by atoms with van der Waals surface area (Å²) in [5, 5.41) is 3.35. The van der Waals surface area contributed by atoms with E-state index in [-0.39, 0.29) is 30.2 Å². The molecule has 3 amide bonds. The van der Waals surface area contributed by atoms with Gasteiger partial charge >= 0.3 is 0 Å². The van der Waals surface area contributed by atoms with Crippen LogP contribution in [0.15, 0.2) is 41.4 Å². The molecule has 0 spiro atoms. The van der Waals surface area contributed by atoms with E-state index in [2.05, 4.69) is 5.32 Å². The fraction of sp³-hybridized carbons (Fsp3) is 0.353. The normalized spacial score (nSPS) is 23.5. The zero-order valence-corrected chi connectivity index (χ0v) is 13.3. The Morgan fingerprint density at radius 2 is 1.87 bits per heavy atom. The molecule has 6 heteroatoms. The van der Waals surface area contributed by atoms with Crippen molar-refractivity contribution in [3.8, 4) is 0 Å². The van der Waals surface area contributed by atoms with E-state index in [9.17, 15) is 14.4 Å². The Labute approximate surface area is 139 Å².